The average molecular weight is 222 g/mol. The highest BCUT2D eigenvalue weighted by Gasteiger charge is 2.26. The van der Waals surface area contributed by atoms with E-state index in [1.54, 1.807) is 7.11 Å². The molecule has 1 aliphatic carbocycles. The monoisotopic (exact) mass is 222 g/mol. The van der Waals surface area contributed by atoms with Gasteiger partial charge >= 0.3 is 0 Å². The number of nitrogens with zero attached hydrogens (tertiary/aromatic N) is 1. The summed E-state index contributed by atoms with van der Waals surface area (Å²) in [6, 6.07) is 4.14. The second-order valence-corrected chi connectivity index (χ2v) is 4.30. The first-order valence-corrected chi connectivity index (χ1v) is 5.56. The Kier molecular flexibility index (Phi) is 3.41. The highest BCUT2D eigenvalue weighted by molar-refractivity contribution is 5.26. The van der Waals surface area contributed by atoms with E-state index in [2.05, 4.69) is 4.98 Å². The van der Waals surface area contributed by atoms with Crippen molar-refractivity contribution in [2.45, 2.75) is 38.5 Å². The predicted molar refractivity (Wildman–Crippen MR) is 61.3 cm³/mol. The molecule has 0 atom stereocenters. The summed E-state index contributed by atoms with van der Waals surface area (Å²) in [5, 5.41) is 0. The van der Waals surface area contributed by atoms with Crippen molar-refractivity contribution in [2.75, 3.05) is 7.11 Å². The van der Waals surface area contributed by atoms with Crippen molar-refractivity contribution in [2.24, 2.45) is 5.73 Å². The third kappa shape index (κ3) is 2.71. The van der Waals surface area contributed by atoms with Crippen LogP contribution in [-0.2, 0) is 11.3 Å². The number of rotatable bonds is 4. The van der Waals surface area contributed by atoms with E-state index < -0.39 is 0 Å². The Hall–Kier alpha value is -1.13. The maximum Gasteiger partial charge on any atom is 0.122 e. The summed E-state index contributed by atoms with van der Waals surface area (Å²) in [6.45, 7) is 2.49. The summed E-state index contributed by atoms with van der Waals surface area (Å²) >= 11 is 0. The lowest BCUT2D eigenvalue weighted by Gasteiger charge is -2.32. The molecule has 1 heterocycles. The van der Waals surface area contributed by atoms with Gasteiger partial charge in [-0.05, 0) is 19.8 Å². The molecule has 0 saturated heterocycles. The summed E-state index contributed by atoms with van der Waals surface area (Å²) in [6.07, 6.45) is 2.23. The minimum Gasteiger partial charge on any atom is -0.497 e. The van der Waals surface area contributed by atoms with E-state index in [1.165, 1.54) is 0 Å². The normalized spacial score (nSPS) is 23.9. The van der Waals surface area contributed by atoms with Crippen LogP contribution in [0.3, 0.4) is 0 Å². The van der Waals surface area contributed by atoms with Crippen LogP contribution >= 0.6 is 0 Å². The van der Waals surface area contributed by atoms with Crippen LogP contribution in [0.1, 0.15) is 24.2 Å². The average Bonchev–Trinajstić information content (AvgIpc) is 2.22. The van der Waals surface area contributed by atoms with Crippen molar-refractivity contribution < 1.29 is 9.47 Å². The van der Waals surface area contributed by atoms with E-state index >= 15 is 0 Å². The molecule has 0 aromatic carbocycles. The number of nitrogens with two attached hydrogens (primary N) is 1. The Balaban J connectivity index is 1.90. The van der Waals surface area contributed by atoms with Gasteiger partial charge in [0.05, 0.1) is 25.5 Å². The van der Waals surface area contributed by atoms with E-state index in [0.29, 0.717) is 18.8 Å². The van der Waals surface area contributed by atoms with Crippen molar-refractivity contribution in [3.63, 3.8) is 0 Å². The summed E-state index contributed by atoms with van der Waals surface area (Å²) in [7, 11) is 1.66. The zero-order valence-corrected chi connectivity index (χ0v) is 9.77. The van der Waals surface area contributed by atoms with Crippen LogP contribution in [0.4, 0.5) is 0 Å². The molecule has 4 heteroatoms. The molecule has 1 aromatic heterocycles. The van der Waals surface area contributed by atoms with Crippen molar-refractivity contribution in [1.82, 2.24) is 4.98 Å². The minimum absolute atomic E-state index is 0.309. The molecule has 0 spiro atoms. The molecule has 2 rings (SSSR count). The van der Waals surface area contributed by atoms with Crippen LogP contribution in [0.5, 0.6) is 5.75 Å². The van der Waals surface area contributed by atoms with Gasteiger partial charge < -0.3 is 15.2 Å². The number of aromatic nitrogens is 1. The van der Waals surface area contributed by atoms with Crippen molar-refractivity contribution in [3.05, 3.63) is 23.5 Å². The molecule has 0 aliphatic heterocycles. The predicted octanol–water partition coefficient (Wildman–Crippen LogP) is 1.40. The van der Waals surface area contributed by atoms with Crippen molar-refractivity contribution >= 4 is 0 Å². The molecule has 0 radical (unpaired) electrons. The largest absolute Gasteiger partial charge is 0.497 e. The fourth-order valence-electron chi connectivity index (χ4n) is 1.84. The molecule has 4 nitrogen and oxygen atoms in total. The number of hydrogen-bond acceptors (Lipinski definition) is 4. The van der Waals surface area contributed by atoms with Gasteiger partial charge in [-0.25, -0.2) is 0 Å². The molecule has 2 N–H and O–H groups in total. The first-order chi connectivity index (χ1) is 7.67. The van der Waals surface area contributed by atoms with Crippen molar-refractivity contribution in [3.8, 4) is 5.75 Å². The molecule has 0 bridgehead atoms. The third-order valence-corrected chi connectivity index (χ3v) is 2.81. The number of methoxy groups -OCH3 is 1. The van der Waals surface area contributed by atoms with Crippen LogP contribution < -0.4 is 10.5 Å². The van der Waals surface area contributed by atoms with Gasteiger partial charge in [-0.3, -0.25) is 4.98 Å². The van der Waals surface area contributed by atoms with Gasteiger partial charge in [0.1, 0.15) is 5.75 Å². The van der Waals surface area contributed by atoms with E-state index in [1.807, 2.05) is 19.1 Å². The van der Waals surface area contributed by atoms with Gasteiger partial charge in [0, 0.05) is 23.9 Å². The number of ether oxygens (including phenoxy) is 2. The molecule has 1 saturated carbocycles. The van der Waals surface area contributed by atoms with Crippen LogP contribution in [0, 0.1) is 6.92 Å². The van der Waals surface area contributed by atoms with E-state index in [-0.39, 0.29) is 0 Å². The summed E-state index contributed by atoms with van der Waals surface area (Å²) in [5.41, 5.74) is 7.55. The Morgan fingerprint density at radius 1 is 1.44 bits per heavy atom. The fourth-order valence-corrected chi connectivity index (χ4v) is 1.84. The first-order valence-electron chi connectivity index (χ1n) is 5.56. The summed E-state index contributed by atoms with van der Waals surface area (Å²) in [5.74, 6) is 0.830. The number of pyridine rings is 1. The van der Waals surface area contributed by atoms with Gasteiger partial charge in [-0.2, -0.15) is 0 Å². The fraction of sp³-hybridized carbons (Fsp3) is 0.583. The molecule has 16 heavy (non-hydrogen) atoms. The van der Waals surface area contributed by atoms with E-state index in [0.717, 1.165) is 30.0 Å². The summed E-state index contributed by atoms with van der Waals surface area (Å²) in [4.78, 5) is 4.39. The first kappa shape index (κ1) is 11.4. The third-order valence-electron chi connectivity index (χ3n) is 2.81. The topological polar surface area (TPSA) is 57.4 Å². The SMILES string of the molecule is COc1cc(C)nc(COC2CC(N)C2)c1. The molecular formula is C12H18N2O2. The maximum absolute atomic E-state index is 5.69. The van der Waals surface area contributed by atoms with Gasteiger partial charge in [0.2, 0.25) is 0 Å². The van der Waals surface area contributed by atoms with E-state index in [4.69, 9.17) is 15.2 Å². The lowest BCUT2D eigenvalue weighted by Crippen LogP contribution is -2.41. The zero-order chi connectivity index (χ0) is 11.5. The minimum atomic E-state index is 0.309. The zero-order valence-electron chi connectivity index (χ0n) is 9.77. The molecule has 88 valence electrons. The highest BCUT2D eigenvalue weighted by atomic mass is 16.5. The van der Waals surface area contributed by atoms with Gasteiger partial charge in [0.25, 0.3) is 0 Å². The highest BCUT2D eigenvalue weighted by Crippen LogP contribution is 2.23. The summed E-state index contributed by atoms with van der Waals surface area (Å²) < 4.78 is 10.9. The lowest BCUT2D eigenvalue weighted by atomic mass is 9.90. The lowest BCUT2D eigenvalue weighted by molar-refractivity contribution is -0.0202. The maximum atomic E-state index is 5.69. The van der Waals surface area contributed by atoms with Crippen LogP contribution in [0.25, 0.3) is 0 Å². The van der Waals surface area contributed by atoms with Gasteiger partial charge in [-0.15, -0.1) is 0 Å². The van der Waals surface area contributed by atoms with E-state index in [9.17, 15) is 0 Å². The van der Waals surface area contributed by atoms with Gasteiger partial charge in [0.15, 0.2) is 0 Å². The Morgan fingerprint density at radius 2 is 2.19 bits per heavy atom. The van der Waals surface area contributed by atoms with Crippen molar-refractivity contribution in [1.29, 1.82) is 0 Å². The molecule has 0 unspecified atom stereocenters. The molecule has 0 amide bonds. The molecule has 1 fully saturated rings. The molecule has 1 aromatic rings. The smallest absolute Gasteiger partial charge is 0.122 e. The molecular weight excluding hydrogens is 204 g/mol. The number of aryl methyl sites for hydroxylation is 1. The number of hydrogen-bond donors (Lipinski definition) is 1. The van der Waals surface area contributed by atoms with Gasteiger partial charge in [-0.1, -0.05) is 0 Å². The molecule has 1 aliphatic rings. The standard InChI is InChI=1S/C12H18N2O2/c1-8-3-11(15-2)6-10(14-8)7-16-12-4-9(13)5-12/h3,6,9,12H,4-5,7,13H2,1-2H3. The Morgan fingerprint density at radius 3 is 2.81 bits per heavy atom. The van der Waals surface area contributed by atoms with Crippen LogP contribution in [0.2, 0.25) is 0 Å². The second-order valence-electron chi connectivity index (χ2n) is 4.30. The Bertz CT molecular complexity index is 362. The quantitative estimate of drug-likeness (QED) is 0.836. The van der Waals surface area contributed by atoms with Crippen LogP contribution in [-0.4, -0.2) is 24.2 Å². The van der Waals surface area contributed by atoms with Crippen LogP contribution in [0.15, 0.2) is 12.1 Å². The Labute approximate surface area is 95.8 Å². The second kappa shape index (κ2) is 4.80.